The van der Waals surface area contributed by atoms with Crippen molar-refractivity contribution >= 4 is 68.8 Å². The van der Waals surface area contributed by atoms with Crippen molar-refractivity contribution in [1.29, 1.82) is 0 Å². The van der Waals surface area contributed by atoms with Crippen LogP contribution in [-0.4, -0.2) is 10.9 Å². The van der Waals surface area contributed by atoms with Gasteiger partial charge in [0.1, 0.15) is 5.76 Å². The molecule has 0 spiro atoms. The minimum absolute atomic E-state index is 0.164. The van der Waals surface area contributed by atoms with E-state index in [-0.39, 0.29) is 5.76 Å². The molecule has 0 unspecified atom stereocenters. The molecule has 2 aromatic carbocycles. The Morgan fingerprint density at radius 3 is 2.40 bits per heavy atom. The Kier molecular flexibility index (Phi) is 6.37. The molecule has 0 saturated heterocycles. The van der Waals surface area contributed by atoms with Gasteiger partial charge < -0.3 is 4.42 Å². The summed E-state index contributed by atoms with van der Waals surface area (Å²) in [4.78, 5) is 17.7. The van der Waals surface area contributed by atoms with Gasteiger partial charge in [-0.15, -0.1) is 11.3 Å². The van der Waals surface area contributed by atoms with E-state index in [4.69, 9.17) is 50.8 Å². The monoisotopic (exact) mass is 496 g/mol. The van der Waals surface area contributed by atoms with Crippen LogP contribution in [0.2, 0.25) is 20.1 Å². The predicted octanol–water partition coefficient (Wildman–Crippen LogP) is 7.86. The third-order valence-electron chi connectivity index (χ3n) is 4.17. The van der Waals surface area contributed by atoms with Gasteiger partial charge in [0.05, 0.1) is 20.1 Å². The number of carbonyl (C=O) groups excluding carboxylic acids is 1. The number of rotatable bonds is 5. The largest absolute Gasteiger partial charge is 0.451 e. The van der Waals surface area contributed by atoms with Gasteiger partial charge in [0.15, 0.2) is 10.9 Å². The van der Waals surface area contributed by atoms with E-state index in [0.29, 0.717) is 37.4 Å². The lowest BCUT2D eigenvalue weighted by atomic mass is 10.1. The highest BCUT2D eigenvalue weighted by Gasteiger charge is 2.15. The average Bonchev–Trinajstić information content (AvgIpc) is 3.37. The van der Waals surface area contributed by atoms with Crippen LogP contribution in [0.1, 0.15) is 21.0 Å². The van der Waals surface area contributed by atoms with Crippen LogP contribution in [0.15, 0.2) is 59.1 Å². The minimum Gasteiger partial charge on any atom is -0.451 e. The average molecular weight is 498 g/mol. The first-order chi connectivity index (χ1) is 14.4. The first kappa shape index (κ1) is 21.2. The number of carbonyl (C=O) groups is 1. The van der Waals surface area contributed by atoms with Gasteiger partial charge in [-0.05, 0) is 48.0 Å². The quantitative estimate of drug-likeness (QED) is 0.305. The Morgan fingerprint density at radius 1 is 0.933 bits per heavy atom. The lowest BCUT2D eigenvalue weighted by Gasteiger charge is -2.01. The van der Waals surface area contributed by atoms with Crippen LogP contribution in [0, 0.1) is 0 Å². The molecule has 4 aromatic rings. The van der Waals surface area contributed by atoms with E-state index in [2.05, 4.69) is 10.3 Å². The molecule has 0 aliphatic carbocycles. The SMILES string of the molecule is O=C(Nc1ncc(Cc2ccc(Cl)c(Cl)c2)s1)c1ccc(-c2ccc(Cl)c(Cl)c2)o1. The maximum atomic E-state index is 12.5. The van der Waals surface area contributed by atoms with Crippen LogP contribution in [0.4, 0.5) is 5.13 Å². The Bertz CT molecular complexity index is 1240. The molecule has 2 aromatic heterocycles. The summed E-state index contributed by atoms with van der Waals surface area (Å²) in [5.41, 5.74) is 1.73. The van der Waals surface area contributed by atoms with Crippen molar-refractivity contribution in [2.24, 2.45) is 0 Å². The van der Waals surface area contributed by atoms with E-state index in [1.54, 1.807) is 42.6 Å². The zero-order chi connectivity index (χ0) is 21.3. The lowest BCUT2D eigenvalue weighted by Crippen LogP contribution is -2.10. The first-order valence-corrected chi connectivity index (χ1v) is 11.0. The van der Waals surface area contributed by atoms with Crippen LogP contribution in [0.25, 0.3) is 11.3 Å². The fraction of sp³-hybridized carbons (Fsp3) is 0.0476. The second-order valence-electron chi connectivity index (χ2n) is 6.30. The van der Waals surface area contributed by atoms with Gasteiger partial charge in [-0.25, -0.2) is 4.98 Å². The van der Waals surface area contributed by atoms with Gasteiger partial charge in [0.2, 0.25) is 0 Å². The highest BCUT2D eigenvalue weighted by molar-refractivity contribution is 7.15. The summed E-state index contributed by atoms with van der Waals surface area (Å²) in [5.74, 6) is 0.284. The van der Waals surface area contributed by atoms with Gasteiger partial charge in [-0.2, -0.15) is 0 Å². The molecule has 4 nitrogen and oxygen atoms in total. The topological polar surface area (TPSA) is 55.1 Å². The summed E-state index contributed by atoms with van der Waals surface area (Å²) in [6.07, 6.45) is 2.35. The fourth-order valence-electron chi connectivity index (χ4n) is 2.72. The summed E-state index contributed by atoms with van der Waals surface area (Å²) in [7, 11) is 0. The second kappa shape index (κ2) is 9.00. The summed E-state index contributed by atoms with van der Waals surface area (Å²) >= 11 is 25.4. The molecule has 0 aliphatic rings. The Labute approximate surface area is 196 Å². The predicted molar refractivity (Wildman–Crippen MR) is 123 cm³/mol. The Balaban J connectivity index is 1.44. The molecule has 1 amide bonds. The molecule has 30 heavy (non-hydrogen) atoms. The van der Waals surface area contributed by atoms with Gasteiger partial charge in [-0.3, -0.25) is 10.1 Å². The van der Waals surface area contributed by atoms with Crippen LogP contribution in [-0.2, 0) is 6.42 Å². The third-order valence-corrected chi connectivity index (χ3v) is 6.56. The van der Waals surface area contributed by atoms with Crippen molar-refractivity contribution in [1.82, 2.24) is 4.98 Å². The number of hydrogen-bond acceptors (Lipinski definition) is 4. The van der Waals surface area contributed by atoms with E-state index >= 15 is 0 Å². The number of halogens is 4. The van der Waals surface area contributed by atoms with Crippen molar-refractivity contribution in [3.8, 4) is 11.3 Å². The summed E-state index contributed by atoms with van der Waals surface area (Å²) < 4.78 is 5.66. The molecule has 0 fully saturated rings. The normalized spacial score (nSPS) is 10.9. The molecule has 1 N–H and O–H groups in total. The van der Waals surface area contributed by atoms with Crippen molar-refractivity contribution in [3.05, 3.63) is 91.0 Å². The summed E-state index contributed by atoms with van der Waals surface area (Å²) in [5, 5.41) is 5.10. The third kappa shape index (κ3) is 4.82. The van der Waals surface area contributed by atoms with E-state index in [0.717, 1.165) is 16.0 Å². The smallest absolute Gasteiger partial charge is 0.293 e. The molecule has 0 atom stereocenters. The van der Waals surface area contributed by atoms with E-state index in [1.165, 1.54) is 11.3 Å². The number of furan rings is 1. The molecular weight excluding hydrogens is 486 g/mol. The molecule has 9 heteroatoms. The van der Waals surface area contributed by atoms with Gasteiger partial charge >= 0.3 is 0 Å². The van der Waals surface area contributed by atoms with E-state index < -0.39 is 5.91 Å². The van der Waals surface area contributed by atoms with Gasteiger partial charge in [0, 0.05) is 23.1 Å². The second-order valence-corrected chi connectivity index (χ2v) is 9.05. The number of hydrogen-bond donors (Lipinski definition) is 1. The lowest BCUT2D eigenvalue weighted by molar-refractivity contribution is 0.0997. The maximum Gasteiger partial charge on any atom is 0.293 e. The van der Waals surface area contributed by atoms with Crippen molar-refractivity contribution in [2.45, 2.75) is 6.42 Å². The summed E-state index contributed by atoms with van der Waals surface area (Å²) in [6.45, 7) is 0. The number of nitrogens with zero attached hydrogens (tertiary/aromatic N) is 1. The number of nitrogens with one attached hydrogen (secondary N) is 1. The molecule has 0 aliphatic heterocycles. The molecule has 0 saturated carbocycles. The van der Waals surface area contributed by atoms with Crippen LogP contribution in [0.5, 0.6) is 0 Å². The highest BCUT2D eigenvalue weighted by Crippen LogP contribution is 2.30. The number of anilines is 1. The number of thiazole rings is 1. The van der Waals surface area contributed by atoms with E-state index in [9.17, 15) is 4.79 Å². The number of amides is 1. The number of benzene rings is 2. The van der Waals surface area contributed by atoms with Crippen LogP contribution < -0.4 is 5.32 Å². The molecule has 4 rings (SSSR count). The molecule has 152 valence electrons. The molecule has 0 radical (unpaired) electrons. The standard InChI is InChI=1S/C21H12Cl4N2O2S/c22-14-3-1-11(8-16(14)24)7-13-10-26-21(30-13)27-20(28)19-6-5-18(29-19)12-2-4-15(23)17(25)9-12/h1-6,8-10H,7H2,(H,26,27,28). The van der Waals surface area contributed by atoms with Gasteiger partial charge in [0.25, 0.3) is 5.91 Å². The molecular formula is C21H12Cl4N2O2S. The Morgan fingerprint density at radius 2 is 1.67 bits per heavy atom. The maximum absolute atomic E-state index is 12.5. The molecule has 2 heterocycles. The van der Waals surface area contributed by atoms with Gasteiger partial charge in [-0.1, -0.05) is 52.5 Å². The van der Waals surface area contributed by atoms with Crippen LogP contribution >= 0.6 is 57.7 Å². The first-order valence-electron chi connectivity index (χ1n) is 8.64. The summed E-state index contributed by atoms with van der Waals surface area (Å²) in [6, 6.07) is 13.9. The zero-order valence-electron chi connectivity index (χ0n) is 15.1. The van der Waals surface area contributed by atoms with Crippen molar-refractivity contribution < 1.29 is 9.21 Å². The number of aromatic nitrogens is 1. The van der Waals surface area contributed by atoms with Crippen molar-refractivity contribution in [2.75, 3.05) is 5.32 Å². The minimum atomic E-state index is -0.392. The zero-order valence-corrected chi connectivity index (χ0v) is 18.9. The molecule has 0 bridgehead atoms. The van der Waals surface area contributed by atoms with E-state index in [1.807, 2.05) is 12.1 Å². The fourth-order valence-corrected chi connectivity index (χ4v) is 4.18. The van der Waals surface area contributed by atoms with Crippen molar-refractivity contribution in [3.63, 3.8) is 0 Å². The van der Waals surface area contributed by atoms with Crippen LogP contribution in [0.3, 0.4) is 0 Å². The Hall–Kier alpha value is -2.02. The highest BCUT2D eigenvalue weighted by atomic mass is 35.5.